The number of hydrogen-bond donors (Lipinski definition) is 1. The highest BCUT2D eigenvalue weighted by Crippen LogP contribution is 2.29. The third-order valence-corrected chi connectivity index (χ3v) is 4.06. The summed E-state index contributed by atoms with van der Waals surface area (Å²) in [5.41, 5.74) is 0.0570. The van der Waals surface area contributed by atoms with Crippen LogP contribution in [-0.2, 0) is 17.4 Å². The molecular weight excluding hydrogens is 295 g/mol. The first-order valence-electron chi connectivity index (χ1n) is 7.51. The molecule has 1 aromatic carbocycles. The SMILES string of the molecule is O=C(O)[C@H]1CCCN1CCCCc1cccc(C(F)(F)F)c1. The van der Waals surface area contributed by atoms with Crippen LogP contribution in [0.15, 0.2) is 24.3 Å². The van der Waals surface area contributed by atoms with E-state index in [2.05, 4.69) is 0 Å². The van der Waals surface area contributed by atoms with Gasteiger partial charge in [0.2, 0.25) is 0 Å². The van der Waals surface area contributed by atoms with Gasteiger partial charge < -0.3 is 5.11 Å². The Morgan fingerprint density at radius 3 is 2.77 bits per heavy atom. The molecule has 1 N–H and O–H groups in total. The molecule has 0 aromatic heterocycles. The van der Waals surface area contributed by atoms with Gasteiger partial charge in [0.15, 0.2) is 0 Å². The monoisotopic (exact) mass is 315 g/mol. The Morgan fingerprint density at radius 1 is 1.32 bits per heavy atom. The third-order valence-electron chi connectivity index (χ3n) is 4.06. The lowest BCUT2D eigenvalue weighted by molar-refractivity contribution is -0.142. The van der Waals surface area contributed by atoms with Gasteiger partial charge in [0.25, 0.3) is 0 Å². The molecule has 1 aliphatic rings. The van der Waals surface area contributed by atoms with Crippen LogP contribution in [0.1, 0.15) is 36.8 Å². The van der Waals surface area contributed by atoms with E-state index in [4.69, 9.17) is 5.11 Å². The number of likely N-dealkylation sites (tertiary alicyclic amines) is 1. The maximum absolute atomic E-state index is 12.6. The zero-order valence-electron chi connectivity index (χ0n) is 12.3. The van der Waals surface area contributed by atoms with E-state index >= 15 is 0 Å². The van der Waals surface area contributed by atoms with Crippen molar-refractivity contribution in [3.63, 3.8) is 0 Å². The van der Waals surface area contributed by atoms with Gasteiger partial charge in [0.05, 0.1) is 5.56 Å². The molecule has 3 nitrogen and oxygen atoms in total. The fourth-order valence-corrected chi connectivity index (χ4v) is 2.92. The zero-order valence-corrected chi connectivity index (χ0v) is 12.3. The predicted octanol–water partition coefficient (Wildman–Crippen LogP) is 3.58. The molecule has 6 heteroatoms. The van der Waals surface area contributed by atoms with Gasteiger partial charge in [-0.05, 0) is 56.8 Å². The molecular formula is C16H20F3NO2. The van der Waals surface area contributed by atoms with Crippen molar-refractivity contribution in [1.82, 2.24) is 4.90 Å². The summed E-state index contributed by atoms with van der Waals surface area (Å²) in [4.78, 5) is 13.0. The lowest BCUT2D eigenvalue weighted by Gasteiger charge is -2.20. The number of aryl methyl sites for hydroxylation is 1. The zero-order chi connectivity index (χ0) is 16.2. The number of carboxylic acids is 1. The fraction of sp³-hybridized carbons (Fsp3) is 0.562. The molecule has 22 heavy (non-hydrogen) atoms. The van der Waals surface area contributed by atoms with Crippen LogP contribution in [0.4, 0.5) is 13.2 Å². The molecule has 0 amide bonds. The molecule has 122 valence electrons. The summed E-state index contributed by atoms with van der Waals surface area (Å²) in [6.07, 6.45) is -0.604. The van der Waals surface area contributed by atoms with E-state index in [0.717, 1.165) is 31.9 Å². The second kappa shape index (κ2) is 7.13. The number of benzene rings is 1. The van der Waals surface area contributed by atoms with E-state index in [-0.39, 0.29) is 0 Å². The molecule has 1 fully saturated rings. The first-order chi connectivity index (χ1) is 10.4. The number of alkyl halides is 3. The van der Waals surface area contributed by atoms with E-state index in [1.165, 1.54) is 12.1 Å². The molecule has 0 unspecified atom stereocenters. The van der Waals surface area contributed by atoms with Crippen LogP contribution in [0.5, 0.6) is 0 Å². The van der Waals surface area contributed by atoms with Crippen LogP contribution in [0, 0.1) is 0 Å². The summed E-state index contributed by atoms with van der Waals surface area (Å²) < 4.78 is 37.9. The second-order valence-electron chi connectivity index (χ2n) is 5.69. The van der Waals surface area contributed by atoms with Gasteiger partial charge in [-0.25, -0.2) is 0 Å². The summed E-state index contributed by atoms with van der Waals surface area (Å²) in [7, 11) is 0. The second-order valence-corrected chi connectivity index (χ2v) is 5.69. The van der Waals surface area contributed by atoms with Crippen molar-refractivity contribution in [2.24, 2.45) is 0 Å². The first kappa shape index (κ1) is 16.8. The summed E-state index contributed by atoms with van der Waals surface area (Å²) in [6, 6.07) is 5.00. The van der Waals surface area contributed by atoms with Crippen molar-refractivity contribution in [1.29, 1.82) is 0 Å². The molecule has 1 heterocycles. The molecule has 0 spiro atoms. The number of halogens is 3. The van der Waals surface area contributed by atoms with E-state index in [1.807, 2.05) is 4.90 Å². The largest absolute Gasteiger partial charge is 0.480 e. The molecule has 0 radical (unpaired) electrons. The number of carboxylic acid groups (broad SMARTS) is 1. The summed E-state index contributed by atoms with van der Waals surface area (Å²) in [5, 5.41) is 9.08. The summed E-state index contributed by atoms with van der Waals surface area (Å²) in [5.74, 6) is -0.782. The number of unbranched alkanes of at least 4 members (excludes halogenated alkanes) is 1. The average Bonchev–Trinajstić information content (AvgIpc) is 2.91. The standard InChI is InChI=1S/C16H20F3NO2/c17-16(18,19)13-7-3-6-12(11-13)5-1-2-9-20-10-4-8-14(20)15(21)22/h3,6-7,11,14H,1-2,4-5,8-10H2,(H,21,22)/t14-/m1/s1. The van der Waals surface area contributed by atoms with E-state index < -0.39 is 23.8 Å². The van der Waals surface area contributed by atoms with Crippen molar-refractivity contribution in [2.45, 2.75) is 44.3 Å². The number of hydrogen-bond acceptors (Lipinski definition) is 2. The number of carbonyl (C=O) groups is 1. The van der Waals surface area contributed by atoms with Crippen molar-refractivity contribution < 1.29 is 23.1 Å². The van der Waals surface area contributed by atoms with E-state index in [1.54, 1.807) is 6.07 Å². The van der Waals surface area contributed by atoms with Gasteiger partial charge in [0, 0.05) is 0 Å². The van der Waals surface area contributed by atoms with Crippen LogP contribution >= 0.6 is 0 Å². The van der Waals surface area contributed by atoms with Gasteiger partial charge in [-0.1, -0.05) is 18.2 Å². The Kier molecular flexibility index (Phi) is 5.45. The van der Waals surface area contributed by atoms with Gasteiger partial charge in [0.1, 0.15) is 6.04 Å². The molecule has 0 aliphatic carbocycles. The quantitative estimate of drug-likeness (QED) is 0.816. The fourth-order valence-electron chi connectivity index (χ4n) is 2.92. The summed E-state index contributed by atoms with van der Waals surface area (Å²) >= 11 is 0. The van der Waals surface area contributed by atoms with Gasteiger partial charge >= 0.3 is 12.1 Å². The Balaban J connectivity index is 1.78. The topological polar surface area (TPSA) is 40.5 Å². The van der Waals surface area contributed by atoms with Crippen LogP contribution in [0.2, 0.25) is 0 Å². The lowest BCUT2D eigenvalue weighted by Crippen LogP contribution is -2.36. The average molecular weight is 315 g/mol. The minimum absolute atomic E-state index is 0.395. The summed E-state index contributed by atoms with van der Waals surface area (Å²) in [6.45, 7) is 1.48. The smallest absolute Gasteiger partial charge is 0.416 e. The van der Waals surface area contributed by atoms with E-state index in [9.17, 15) is 18.0 Å². The van der Waals surface area contributed by atoms with E-state index in [0.29, 0.717) is 24.9 Å². The van der Waals surface area contributed by atoms with Crippen LogP contribution in [0.25, 0.3) is 0 Å². The highest BCUT2D eigenvalue weighted by molar-refractivity contribution is 5.73. The minimum atomic E-state index is -4.31. The Hall–Kier alpha value is -1.56. The molecule has 0 saturated carbocycles. The number of nitrogens with zero attached hydrogens (tertiary/aromatic N) is 1. The predicted molar refractivity (Wildman–Crippen MR) is 76.6 cm³/mol. The van der Waals surface area contributed by atoms with Gasteiger partial charge in [-0.15, -0.1) is 0 Å². The van der Waals surface area contributed by atoms with Crippen LogP contribution in [0.3, 0.4) is 0 Å². The lowest BCUT2D eigenvalue weighted by atomic mass is 10.0. The van der Waals surface area contributed by atoms with Gasteiger partial charge in [-0.2, -0.15) is 13.2 Å². The third kappa shape index (κ3) is 4.47. The van der Waals surface area contributed by atoms with Gasteiger partial charge in [-0.3, -0.25) is 9.69 Å². The Labute approximate surface area is 127 Å². The van der Waals surface area contributed by atoms with Crippen molar-refractivity contribution in [3.8, 4) is 0 Å². The Bertz CT molecular complexity index is 516. The maximum atomic E-state index is 12.6. The molecule has 1 aliphatic heterocycles. The number of rotatable bonds is 6. The highest BCUT2D eigenvalue weighted by Gasteiger charge is 2.31. The van der Waals surface area contributed by atoms with Crippen molar-refractivity contribution >= 4 is 5.97 Å². The highest BCUT2D eigenvalue weighted by atomic mass is 19.4. The van der Waals surface area contributed by atoms with Crippen LogP contribution < -0.4 is 0 Å². The minimum Gasteiger partial charge on any atom is -0.480 e. The van der Waals surface area contributed by atoms with Crippen LogP contribution in [-0.4, -0.2) is 35.1 Å². The molecule has 1 saturated heterocycles. The molecule has 0 bridgehead atoms. The molecule has 1 atom stereocenters. The maximum Gasteiger partial charge on any atom is 0.416 e. The Morgan fingerprint density at radius 2 is 2.09 bits per heavy atom. The molecule has 2 rings (SSSR count). The molecule has 1 aromatic rings. The first-order valence-corrected chi connectivity index (χ1v) is 7.51. The number of aliphatic carboxylic acids is 1. The van der Waals surface area contributed by atoms with Crippen molar-refractivity contribution in [3.05, 3.63) is 35.4 Å². The normalized spacial score (nSPS) is 19.5. The van der Waals surface area contributed by atoms with Crippen molar-refractivity contribution in [2.75, 3.05) is 13.1 Å².